The highest BCUT2D eigenvalue weighted by molar-refractivity contribution is 6.03. The first-order valence-corrected chi connectivity index (χ1v) is 9.95. The second-order valence-corrected chi connectivity index (χ2v) is 7.50. The lowest BCUT2D eigenvalue weighted by Crippen LogP contribution is -2.51. The minimum atomic E-state index is -1.10. The quantitative estimate of drug-likeness (QED) is 0.607. The second kappa shape index (κ2) is 8.18. The number of nitrogens with zero attached hydrogens (tertiary/aromatic N) is 1. The molecule has 0 spiro atoms. The Hall–Kier alpha value is -3.74. The number of carbonyl (C=O) groups excluding carboxylic acids is 2. The zero-order valence-electron chi connectivity index (χ0n) is 17.2. The number of hydrogen-bond acceptors (Lipinski definition) is 4. The maximum atomic E-state index is 14.5. The van der Waals surface area contributed by atoms with E-state index in [-0.39, 0.29) is 11.6 Å². The number of hydrogen-bond donors (Lipinski definition) is 2. The summed E-state index contributed by atoms with van der Waals surface area (Å²) in [4.78, 5) is 29.5. The van der Waals surface area contributed by atoms with Crippen LogP contribution in [0.3, 0.4) is 0 Å². The van der Waals surface area contributed by atoms with Gasteiger partial charge in [-0.1, -0.05) is 24.3 Å². The highest BCUT2D eigenvalue weighted by Crippen LogP contribution is 2.41. The fraction of sp³-hybridized carbons (Fsp3) is 0.208. The maximum Gasteiger partial charge on any atom is 0.320 e. The van der Waals surface area contributed by atoms with Crippen molar-refractivity contribution >= 4 is 17.5 Å². The number of amides is 2. The van der Waals surface area contributed by atoms with Crippen molar-refractivity contribution in [2.24, 2.45) is 0 Å². The van der Waals surface area contributed by atoms with Gasteiger partial charge in [-0.15, -0.1) is 0 Å². The minimum absolute atomic E-state index is 0.163. The Kier molecular flexibility index (Phi) is 5.42. The van der Waals surface area contributed by atoms with Gasteiger partial charge in [-0.3, -0.25) is 9.78 Å². The number of fused-ring (bicyclic) bond motifs is 1. The summed E-state index contributed by atoms with van der Waals surface area (Å²) in [6, 6.07) is 14.6. The van der Waals surface area contributed by atoms with E-state index in [1.165, 1.54) is 13.0 Å². The van der Waals surface area contributed by atoms with Gasteiger partial charge in [-0.25, -0.2) is 9.18 Å². The lowest BCUT2D eigenvalue weighted by molar-refractivity contribution is 0.101. The zero-order chi connectivity index (χ0) is 22.0. The van der Waals surface area contributed by atoms with Gasteiger partial charge in [0.05, 0.1) is 12.3 Å². The first-order valence-electron chi connectivity index (χ1n) is 9.95. The van der Waals surface area contributed by atoms with Crippen LogP contribution in [0.4, 0.5) is 14.9 Å². The number of rotatable bonds is 4. The summed E-state index contributed by atoms with van der Waals surface area (Å²) >= 11 is 0. The Bertz CT molecular complexity index is 1160. The number of nitrogens with one attached hydrogen (secondary N) is 2. The number of aromatic nitrogens is 1. The summed E-state index contributed by atoms with van der Waals surface area (Å²) < 4.78 is 20.2. The molecule has 0 fully saturated rings. The average molecular weight is 419 g/mol. The molecule has 0 aliphatic carbocycles. The minimum Gasteiger partial charge on any atom is -0.491 e. The van der Waals surface area contributed by atoms with Crippen molar-refractivity contribution in [3.05, 3.63) is 89.0 Å². The average Bonchev–Trinajstić information content (AvgIpc) is 2.76. The molecule has 2 amide bonds. The van der Waals surface area contributed by atoms with E-state index in [4.69, 9.17) is 4.74 Å². The highest BCUT2D eigenvalue weighted by Gasteiger charge is 2.42. The summed E-state index contributed by atoms with van der Waals surface area (Å²) in [7, 11) is 0. The molecule has 158 valence electrons. The van der Waals surface area contributed by atoms with Crippen molar-refractivity contribution in [1.82, 2.24) is 10.3 Å². The van der Waals surface area contributed by atoms with Crippen LogP contribution in [-0.4, -0.2) is 23.4 Å². The van der Waals surface area contributed by atoms with Crippen molar-refractivity contribution in [2.45, 2.75) is 25.8 Å². The lowest BCUT2D eigenvalue weighted by Gasteiger charge is -2.39. The third kappa shape index (κ3) is 3.86. The Morgan fingerprint density at radius 2 is 1.94 bits per heavy atom. The van der Waals surface area contributed by atoms with E-state index in [9.17, 15) is 14.0 Å². The fourth-order valence-electron chi connectivity index (χ4n) is 3.84. The smallest absolute Gasteiger partial charge is 0.320 e. The number of pyridine rings is 1. The van der Waals surface area contributed by atoms with Gasteiger partial charge in [-0.05, 0) is 55.3 Å². The van der Waals surface area contributed by atoms with E-state index < -0.39 is 11.6 Å². The number of anilines is 1. The normalized spacial score (nSPS) is 17.3. The molecule has 2 N–H and O–H groups in total. The van der Waals surface area contributed by atoms with Gasteiger partial charge in [0, 0.05) is 18.2 Å². The molecule has 0 radical (unpaired) electrons. The maximum absolute atomic E-state index is 14.5. The van der Waals surface area contributed by atoms with E-state index in [0.29, 0.717) is 46.8 Å². The Morgan fingerprint density at radius 3 is 2.71 bits per heavy atom. The Balaban J connectivity index is 1.76. The number of aryl methyl sites for hydroxylation is 1. The molecule has 6 nitrogen and oxygen atoms in total. The molecular weight excluding hydrogens is 397 g/mol. The molecule has 1 atom stereocenters. The van der Waals surface area contributed by atoms with Crippen LogP contribution in [0.2, 0.25) is 0 Å². The van der Waals surface area contributed by atoms with Crippen LogP contribution < -0.4 is 15.4 Å². The number of carbonyl (C=O) groups is 2. The van der Waals surface area contributed by atoms with Crippen LogP contribution in [0.15, 0.2) is 60.8 Å². The van der Waals surface area contributed by atoms with Crippen LogP contribution in [0, 0.1) is 12.7 Å². The van der Waals surface area contributed by atoms with Crippen molar-refractivity contribution in [1.29, 1.82) is 0 Å². The van der Waals surface area contributed by atoms with Crippen LogP contribution in [0.25, 0.3) is 0 Å². The molecule has 4 rings (SSSR count). The first-order chi connectivity index (χ1) is 14.9. The van der Waals surface area contributed by atoms with Gasteiger partial charge in [0.25, 0.3) is 0 Å². The zero-order valence-corrected chi connectivity index (χ0v) is 17.2. The fourth-order valence-corrected chi connectivity index (χ4v) is 3.84. The van der Waals surface area contributed by atoms with E-state index in [0.717, 1.165) is 0 Å². The lowest BCUT2D eigenvalue weighted by atomic mass is 9.81. The molecule has 0 saturated carbocycles. The van der Waals surface area contributed by atoms with Crippen LogP contribution in [0.1, 0.15) is 40.5 Å². The van der Waals surface area contributed by atoms with Gasteiger partial charge in [0.1, 0.15) is 22.8 Å². The van der Waals surface area contributed by atoms with Crippen LogP contribution in [0.5, 0.6) is 5.75 Å². The molecule has 7 heteroatoms. The van der Waals surface area contributed by atoms with Crippen LogP contribution >= 0.6 is 0 Å². The first kappa shape index (κ1) is 20.5. The summed E-state index contributed by atoms with van der Waals surface area (Å²) in [5.41, 5.74) is 1.27. The van der Waals surface area contributed by atoms with Crippen molar-refractivity contribution in [2.75, 3.05) is 11.9 Å². The SMILES string of the molecule is CC(=O)c1ccccc1NC(=O)N[C@]1(c2ccc(C)c(F)c2)CCOc2cccnc21. The largest absolute Gasteiger partial charge is 0.491 e. The number of ether oxygens (including phenoxy) is 1. The number of Topliss-reactive ketones (excluding diaryl/α,β-unsaturated/α-hetero) is 1. The number of ketones is 1. The summed E-state index contributed by atoms with van der Waals surface area (Å²) in [6.45, 7) is 3.44. The standard InChI is InChI=1S/C24H22FN3O3/c1-15-9-10-17(14-19(15)25)24(11-13-31-21-8-5-12-26-22(21)24)28-23(30)27-20-7-4-3-6-18(20)16(2)29/h3-10,12,14H,11,13H2,1-2H3,(H2,27,28,30)/t24-/m0/s1. The highest BCUT2D eigenvalue weighted by atomic mass is 19.1. The third-order valence-electron chi connectivity index (χ3n) is 5.46. The van der Waals surface area contributed by atoms with Gasteiger partial charge < -0.3 is 15.4 Å². The molecule has 3 aromatic rings. The van der Waals surface area contributed by atoms with E-state index in [1.54, 1.807) is 61.7 Å². The molecule has 1 aliphatic rings. The van der Waals surface area contributed by atoms with Crippen LogP contribution in [-0.2, 0) is 5.54 Å². The van der Waals surface area contributed by atoms with Gasteiger partial charge >= 0.3 is 6.03 Å². The molecule has 31 heavy (non-hydrogen) atoms. The summed E-state index contributed by atoms with van der Waals surface area (Å²) in [5, 5.41) is 5.75. The van der Waals surface area contributed by atoms with Crippen molar-refractivity contribution < 1.29 is 18.7 Å². The van der Waals surface area contributed by atoms with E-state index >= 15 is 0 Å². The summed E-state index contributed by atoms with van der Waals surface area (Å²) in [6.07, 6.45) is 1.97. The number of para-hydroxylation sites is 1. The Morgan fingerprint density at radius 1 is 1.13 bits per heavy atom. The number of urea groups is 1. The topological polar surface area (TPSA) is 80.3 Å². The summed E-state index contributed by atoms with van der Waals surface area (Å²) in [5.74, 6) is -0.00607. The number of benzene rings is 2. The predicted molar refractivity (Wildman–Crippen MR) is 115 cm³/mol. The molecule has 0 unspecified atom stereocenters. The second-order valence-electron chi connectivity index (χ2n) is 7.50. The van der Waals surface area contributed by atoms with E-state index in [1.807, 2.05) is 0 Å². The number of halogens is 1. The van der Waals surface area contributed by atoms with Gasteiger partial charge in [0.2, 0.25) is 0 Å². The van der Waals surface area contributed by atoms with Crippen molar-refractivity contribution in [3.63, 3.8) is 0 Å². The van der Waals surface area contributed by atoms with E-state index in [2.05, 4.69) is 15.6 Å². The predicted octanol–water partition coefficient (Wildman–Crippen LogP) is 4.58. The molecule has 1 aliphatic heterocycles. The molecule has 2 aromatic carbocycles. The molecule has 1 aromatic heterocycles. The molecular formula is C24H22FN3O3. The monoisotopic (exact) mass is 419 g/mol. The molecule has 0 bridgehead atoms. The third-order valence-corrected chi connectivity index (χ3v) is 5.46. The Labute approximate surface area is 179 Å². The van der Waals surface area contributed by atoms with Gasteiger partial charge in [0.15, 0.2) is 5.78 Å². The van der Waals surface area contributed by atoms with Gasteiger partial charge in [-0.2, -0.15) is 0 Å². The molecule has 2 heterocycles. The molecule has 0 saturated heterocycles. The van der Waals surface area contributed by atoms with Crippen molar-refractivity contribution in [3.8, 4) is 5.75 Å².